The largest absolute Gasteiger partial charge is 0.341 e. The van der Waals surface area contributed by atoms with E-state index >= 15 is 0 Å². The van der Waals surface area contributed by atoms with E-state index in [0.717, 1.165) is 0 Å². The molecule has 0 saturated carbocycles. The number of carbonyl (C=O) groups excluding carboxylic acids is 3. The number of hydrogen-bond acceptors (Lipinski definition) is 4. The van der Waals surface area contributed by atoms with Crippen molar-refractivity contribution in [2.24, 2.45) is 5.92 Å². The molecule has 0 aromatic heterocycles. The Labute approximate surface area is 118 Å². The van der Waals surface area contributed by atoms with E-state index in [0.29, 0.717) is 0 Å². The Kier molecular flexibility index (Phi) is 7.86. The highest BCUT2D eigenvalue weighted by Crippen LogP contribution is 2.34. The summed E-state index contributed by atoms with van der Waals surface area (Å²) in [6.07, 6.45) is -0.688. The van der Waals surface area contributed by atoms with Gasteiger partial charge in [0.1, 0.15) is 17.7 Å². The first-order chi connectivity index (χ1) is 9.03. The van der Waals surface area contributed by atoms with Crippen LogP contribution in [0.15, 0.2) is 0 Å². The lowest BCUT2D eigenvalue weighted by Crippen LogP contribution is -2.36. The monoisotopic (exact) mass is 307 g/mol. The van der Waals surface area contributed by atoms with Crippen molar-refractivity contribution >= 4 is 25.1 Å². The highest BCUT2D eigenvalue weighted by molar-refractivity contribution is 7.52. The average molecular weight is 307 g/mol. The van der Waals surface area contributed by atoms with Crippen LogP contribution >= 0.6 is 7.60 Å². The molecule has 8 heteroatoms. The molecule has 0 fully saturated rings. The van der Waals surface area contributed by atoms with Crippen molar-refractivity contribution in [3.63, 3.8) is 0 Å². The lowest BCUT2D eigenvalue weighted by Gasteiger charge is -2.22. The molecule has 0 aliphatic rings. The fourth-order valence-electron chi connectivity index (χ4n) is 1.46. The summed E-state index contributed by atoms with van der Waals surface area (Å²) in [6.45, 7) is 4.98. The number of carbonyl (C=O) groups is 3. The van der Waals surface area contributed by atoms with Crippen molar-refractivity contribution in [2.75, 3.05) is 19.3 Å². The van der Waals surface area contributed by atoms with Crippen LogP contribution in [-0.4, -0.2) is 51.4 Å². The van der Waals surface area contributed by atoms with Gasteiger partial charge >= 0.3 is 7.60 Å². The van der Waals surface area contributed by atoms with Gasteiger partial charge in [-0.25, -0.2) is 0 Å². The maximum absolute atomic E-state index is 11.8. The molecule has 0 aromatic carbocycles. The normalized spacial score (nSPS) is 11.5. The second kappa shape index (κ2) is 8.29. The molecule has 0 radical (unpaired) electrons. The second-order valence-electron chi connectivity index (χ2n) is 5.03. The number of rotatable bonds is 9. The molecule has 0 bridgehead atoms. The van der Waals surface area contributed by atoms with Gasteiger partial charge in [-0.3, -0.25) is 18.9 Å². The molecule has 0 aliphatic carbocycles. The lowest BCUT2D eigenvalue weighted by molar-refractivity contribution is -0.130. The second-order valence-corrected chi connectivity index (χ2v) is 6.67. The van der Waals surface area contributed by atoms with E-state index in [1.165, 1.54) is 11.8 Å². The summed E-state index contributed by atoms with van der Waals surface area (Å²) in [5.41, 5.74) is 0. The average Bonchev–Trinajstić information content (AvgIpc) is 2.25. The Bertz CT molecular complexity index is 414. The molecule has 116 valence electrons. The summed E-state index contributed by atoms with van der Waals surface area (Å²) >= 11 is 0. The Morgan fingerprint density at radius 2 is 1.60 bits per heavy atom. The van der Waals surface area contributed by atoms with E-state index in [4.69, 9.17) is 9.79 Å². The van der Waals surface area contributed by atoms with Crippen LogP contribution in [0.4, 0.5) is 0 Å². The van der Waals surface area contributed by atoms with E-state index in [9.17, 15) is 18.9 Å². The molecule has 1 amide bonds. The van der Waals surface area contributed by atoms with Crippen molar-refractivity contribution in [2.45, 2.75) is 33.6 Å². The fraction of sp³-hybridized carbons (Fsp3) is 0.750. The molecule has 0 unspecified atom stereocenters. The minimum Gasteiger partial charge on any atom is -0.341 e. The van der Waals surface area contributed by atoms with Gasteiger partial charge in [-0.2, -0.15) is 0 Å². The van der Waals surface area contributed by atoms with E-state index < -0.39 is 19.7 Å². The minimum atomic E-state index is -4.45. The Hall–Kier alpha value is -1.04. The summed E-state index contributed by atoms with van der Waals surface area (Å²) in [6, 6.07) is 0. The third-order valence-corrected chi connectivity index (χ3v) is 3.38. The third kappa shape index (κ3) is 8.96. The standard InChI is InChI=1S/C12H22NO6P/c1-9(2)11(15)5-7-13(6-4-10(3)14)12(16)8-20(17,18)19/h9H,4-8H2,1-3H3,(H2,17,18,19). The van der Waals surface area contributed by atoms with Crippen molar-refractivity contribution in [3.05, 3.63) is 0 Å². The topological polar surface area (TPSA) is 112 Å². The van der Waals surface area contributed by atoms with Crippen molar-refractivity contribution in [1.82, 2.24) is 4.90 Å². The van der Waals surface area contributed by atoms with Crippen LogP contribution in [0, 0.1) is 5.92 Å². The molecule has 7 nitrogen and oxygen atoms in total. The zero-order valence-electron chi connectivity index (χ0n) is 12.0. The maximum Gasteiger partial charge on any atom is 0.334 e. The van der Waals surface area contributed by atoms with Crippen molar-refractivity contribution in [3.8, 4) is 0 Å². The third-order valence-electron chi connectivity index (χ3n) is 2.70. The van der Waals surface area contributed by atoms with Crippen molar-refractivity contribution < 1.29 is 28.7 Å². The summed E-state index contributed by atoms with van der Waals surface area (Å²) in [5.74, 6) is -1.08. The first kappa shape index (κ1) is 19.0. The minimum absolute atomic E-state index is 0.0400. The van der Waals surface area contributed by atoms with Gasteiger partial charge in [0.2, 0.25) is 5.91 Å². The molecule has 0 atom stereocenters. The molecule has 0 heterocycles. The Morgan fingerprint density at radius 3 is 2.00 bits per heavy atom. The molecule has 0 spiro atoms. The SMILES string of the molecule is CC(=O)CCN(CCC(=O)C(C)C)C(=O)CP(=O)(O)O. The number of ketones is 2. The van der Waals surface area contributed by atoms with E-state index in [2.05, 4.69) is 0 Å². The molecule has 0 rings (SSSR count). The van der Waals surface area contributed by atoms with Gasteiger partial charge in [0.25, 0.3) is 0 Å². The molecular weight excluding hydrogens is 285 g/mol. The lowest BCUT2D eigenvalue weighted by atomic mass is 10.1. The first-order valence-corrected chi connectivity index (χ1v) is 8.17. The van der Waals surface area contributed by atoms with Gasteiger partial charge in [0.05, 0.1) is 0 Å². The molecule has 0 aliphatic heterocycles. The zero-order valence-corrected chi connectivity index (χ0v) is 12.9. The Balaban J connectivity index is 4.63. The first-order valence-electron chi connectivity index (χ1n) is 6.37. The van der Waals surface area contributed by atoms with Crippen molar-refractivity contribution in [1.29, 1.82) is 0 Å². The van der Waals surface area contributed by atoms with Gasteiger partial charge in [-0.15, -0.1) is 0 Å². The van der Waals surface area contributed by atoms with Crippen LogP contribution in [0.25, 0.3) is 0 Å². The predicted octanol–water partition coefficient (Wildman–Crippen LogP) is 0.587. The number of amides is 1. The van der Waals surface area contributed by atoms with Gasteiger partial charge in [-0.1, -0.05) is 13.8 Å². The molecule has 20 heavy (non-hydrogen) atoms. The van der Waals surface area contributed by atoms with E-state index in [1.54, 1.807) is 13.8 Å². The molecule has 0 saturated heterocycles. The number of Topliss-reactive ketones (excluding diaryl/α,β-unsaturated/α-hetero) is 2. The van der Waals surface area contributed by atoms with Crippen LogP contribution in [0.2, 0.25) is 0 Å². The molecular formula is C12H22NO6P. The smallest absolute Gasteiger partial charge is 0.334 e. The summed E-state index contributed by atoms with van der Waals surface area (Å²) in [4.78, 5) is 53.0. The number of nitrogens with zero attached hydrogens (tertiary/aromatic N) is 1. The molecule has 2 N–H and O–H groups in total. The summed E-state index contributed by atoms with van der Waals surface area (Å²) < 4.78 is 10.8. The van der Waals surface area contributed by atoms with Gasteiger partial charge < -0.3 is 14.7 Å². The van der Waals surface area contributed by atoms with Gasteiger partial charge in [0.15, 0.2) is 0 Å². The van der Waals surface area contributed by atoms with Crippen LogP contribution in [0.1, 0.15) is 33.6 Å². The predicted molar refractivity (Wildman–Crippen MR) is 73.3 cm³/mol. The maximum atomic E-state index is 11.8. The number of hydrogen-bond donors (Lipinski definition) is 2. The zero-order chi connectivity index (χ0) is 15.9. The molecule has 0 aromatic rings. The van der Waals surface area contributed by atoms with Crippen LogP contribution in [0.5, 0.6) is 0 Å². The van der Waals surface area contributed by atoms with Gasteiger partial charge in [-0.05, 0) is 6.92 Å². The highest BCUT2D eigenvalue weighted by atomic mass is 31.2. The van der Waals surface area contributed by atoms with E-state index in [1.807, 2.05) is 0 Å². The summed E-state index contributed by atoms with van der Waals surface area (Å²) in [5, 5.41) is 0. The summed E-state index contributed by atoms with van der Waals surface area (Å²) in [7, 11) is -4.45. The fourth-order valence-corrected chi connectivity index (χ4v) is 2.02. The van der Waals surface area contributed by atoms with Crippen LogP contribution in [0.3, 0.4) is 0 Å². The van der Waals surface area contributed by atoms with E-state index in [-0.39, 0.29) is 43.4 Å². The Morgan fingerprint density at radius 1 is 1.10 bits per heavy atom. The quantitative estimate of drug-likeness (QED) is 0.603. The highest BCUT2D eigenvalue weighted by Gasteiger charge is 2.24. The van der Waals surface area contributed by atoms with Crippen LogP contribution < -0.4 is 0 Å². The van der Waals surface area contributed by atoms with Crippen LogP contribution in [-0.2, 0) is 18.9 Å². The van der Waals surface area contributed by atoms with Gasteiger partial charge in [0, 0.05) is 31.8 Å².